The van der Waals surface area contributed by atoms with E-state index in [4.69, 9.17) is 0 Å². The van der Waals surface area contributed by atoms with Crippen molar-refractivity contribution < 1.29 is 13.2 Å². The predicted molar refractivity (Wildman–Crippen MR) is 74.7 cm³/mol. The monoisotopic (exact) mass is 296 g/mol. The zero-order chi connectivity index (χ0) is 12.9. The van der Waals surface area contributed by atoms with Gasteiger partial charge in [0.05, 0.1) is 11.5 Å². The molecular weight excluding hydrogens is 276 g/mol. The summed E-state index contributed by atoms with van der Waals surface area (Å²) in [6.07, 6.45) is 3.65. The lowest BCUT2D eigenvalue weighted by molar-refractivity contribution is -0.121. The first-order valence-corrected chi connectivity index (χ1v) is 7.61. The molecule has 1 aliphatic heterocycles. The minimum atomic E-state index is -3.05. The first-order chi connectivity index (χ1) is 7.91. The summed E-state index contributed by atoms with van der Waals surface area (Å²) in [5.74, 6) is 0.131. The van der Waals surface area contributed by atoms with Crippen LogP contribution >= 0.6 is 12.4 Å². The second kappa shape index (κ2) is 7.76. The lowest BCUT2D eigenvalue weighted by Gasteiger charge is -2.11. The van der Waals surface area contributed by atoms with Crippen molar-refractivity contribution in [2.24, 2.45) is 5.92 Å². The van der Waals surface area contributed by atoms with Gasteiger partial charge in [-0.2, -0.15) is 0 Å². The normalized spacial score (nSPS) is 18.7. The lowest BCUT2D eigenvalue weighted by atomic mass is 10.3. The van der Waals surface area contributed by atoms with E-state index in [0.29, 0.717) is 6.54 Å². The van der Waals surface area contributed by atoms with Crippen molar-refractivity contribution in [3.05, 3.63) is 12.2 Å². The molecule has 0 saturated carbocycles. The van der Waals surface area contributed by atoms with Gasteiger partial charge in [0.1, 0.15) is 6.04 Å². The fraction of sp³-hybridized carbons (Fsp3) is 0.727. The van der Waals surface area contributed by atoms with E-state index in [-0.39, 0.29) is 48.3 Å². The molecule has 7 heteroatoms. The third-order valence-corrected chi connectivity index (χ3v) is 4.37. The van der Waals surface area contributed by atoms with Gasteiger partial charge < -0.3 is 5.32 Å². The first kappa shape index (κ1) is 17.4. The first-order valence-electron chi connectivity index (χ1n) is 5.79. The molecule has 5 nitrogen and oxygen atoms in total. The van der Waals surface area contributed by atoms with Gasteiger partial charge in [0.25, 0.3) is 0 Å². The standard InChI is InChI=1S/C11H20N2O3S.ClH/c1-9(2)8-17(15,16)7-6-13-11(14)10-4-3-5-12-10;/h3-4,9-10,12H,5-8H2,1-2H3,(H,13,14);1H. The van der Waals surface area contributed by atoms with Crippen LogP contribution in [0.25, 0.3) is 0 Å². The molecule has 0 spiro atoms. The number of hydrogen-bond donors (Lipinski definition) is 2. The number of hydrogen-bond acceptors (Lipinski definition) is 4. The minimum Gasteiger partial charge on any atom is -0.353 e. The maximum Gasteiger partial charge on any atom is 0.241 e. The Morgan fingerprint density at radius 3 is 2.67 bits per heavy atom. The molecule has 106 valence electrons. The second-order valence-electron chi connectivity index (χ2n) is 4.61. The summed E-state index contributed by atoms with van der Waals surface area (Å²) in [6, 6.07) is -0.317. The van der Waals surface area contributed by atoms with E-state index in [0.717, 1.165) is 0 Å². The summed E-state index contributed by atoms with van der Waals surface area (Å²) in [7, 11) is -3.05. The zero-order valence-corrected chi connectivity index (χ0v) is 12.3. The molecule has 18 heavy (non-hydrogen) atoms. The van der Waals surface area contributed by atoms with Gasteiger partial charge in [0, 0.05) is 13.1 Å². The zero-order valence-electron chi connectivity index (χ0n) is 10.7. The smallest absolute Gasteiger partial charge is 0.241 e. The molecule has 1 atom stereocenters. The van der Waals surface area contributed by atoms with Crippen molar-refractivity contribution in [3.8, 4) is 0 Å². The number of carbonyl (C=O) groups excluding carboxylic acids is 1. The lowest BCUT2D eigenvalue weighted by Crippen LogP contribution is -2.42. The fourth-order valence-corrected chi connectivity index (χ4v) is 3.27. The molecule has 1 unspecified atom stereocenters. The number of nitrogens with one attached hydrogen (secondary N) is 2. The summed E-state index contributed by atoms with van der Waals surface area (Å²) < 4.78 is 23.1. The molecule has 1 heterocycles. The van der Waals surface area contributed by atoms with Crippen molar-refractivity contribution in [1.29, 1.82) is 0 Å². The summed E-state index contributed by atoms with van der Waals surface area (Å²) in [4.78, 5) is 11.5. The van der Waals surface area contributed by atoms with Gasteiger partial charge in [0.2, 0.25) is 5.91 Å². The Hall–Kier alpha value is -0.590. The summed E-state index contributed by atoms with van der Waals surface area (Å²) in [5.41, 5.74) is 0. The minimum absolute atomic E-state index is 0. The van der Waals surface area contributed by atoms with E-state index in [1.54, 1.807) is 6.08 Å². The Bertz CT molecular complexity index is 393. The molecule has 2 N–H and O–H groups in total. The van der Waals surface area contributed by atoms with Crippen molar-refractivity contribution in [2.45, 2.75) is 19.9 Å². The number of amides is 1. The van der Waals surface area contributed by atoms with Gasteiger partial charge in [-0.05, 0) is 5.92 Å². The highest BCUT2D eigenvalue weighted by atomic mass is 35.5. The van der Waals surface area contributed by atoms with Gasteiger partial charge in [-0.15, -0.1) is 12.4 Å². The molecule has 0 fully saturated rings. The van der Waals surface area contributed by atoms with E-state index in [9.17, 15) is 13.2 Å². The number of sulfone groups is 1. The molecule has 0 aromatic carbocycles. The molecule has 1 rings (SSSR count). The van der Waals surface area contributed by atoms with Crippen LogP contribution in [0.2, 0.25) is 0 Å². The van der Waals surface area contributed by atoms with Crippen LogP contribution < -0.4 is 10.6 Å². The Morgan fingerprint density at radius 1 is 1.50 bits per heavy atom. The summed E-state index contributed by atoms with van der Waals surface area (Å²) in [6.45, 7) is 4.59. The van der Waals surface area contributed by atoms with E-state index >= 15 is 0 Å². The van der Waals surface area contributed by atoms with Crippen LogP contribution in [0.3, 0.4) is 0 Å². The van der Waals surface area contributed by atoms with Gasteiger partial charge in [0.15, 0.2) is 9.84 Å². The van der Waals surface area contributed by atoms with E-state index in [1.807, 2.05) is 19.9 Å². The van der Waals surface area contributed by atoms with Crippen LogP contribution in [-0.4, -0.2) is 45.0 Å². The molecule has 0 bridgehead atoms. The van der Waals surface area contributed by atoms with Gasteiger partial charge in [-0.3, -0.25) is 10.1 Å². The van der Waals surface area contributed by atoms with Gasteiger partial charge in [-0.25, -0.2) is 8.42 Å². The predicted octanol–water partition coefficient (Wildman–Crippen LogP) is 0.123. The molecule has 0 saturated heterocycles. The molecule has 1 aliphatic rings. The molecule has 0 radical (unpaired) electrons. The van der Waals surface area contributed by atoms with Crippen molar-refractivity contribution in [2.75, 3.05) is 24.6 Å². The topological polar surface area (TPSA) is 75.3 Å². The van der Waals surface area contributed by atoms with Crippen LogP contribution in [0.1, 0.15) is 13.8 Å². The maximum absolute atomic E-state index is 11.6. The van der Waals surface area contributed by atoms with Crippen molar-refractivity contribution >= 4 is 28.2 Å². The number of carbonyl (C=O) groups is 1. The Morgan fingerprint density at radius 2 is 2.17 bits per heavy atom. The SMILES string of the molecule is CC(C)CS(=O)(=O)CCNC(=O)C1C=CCN1.Cl. The van der Waals surface area contributed by atoms with E-state index in [1.165, 1.54) is 0 Å². The highest BCUT2D eigenvalue weighted by Crippen LogP contribution is 2.00. The number of halogens is 1. The molecular formula is C11H21ClN2O3S. The quantitative estimate of drug-likeness (QED) is 0.683. The molecule has 0 aromatic heterocycles. The van der Waals surface area contributed by atoms with Crippen LogP contribution in [-0.2, 0) is 14.6 Å². The summed E-state index contributed by atoms with van der Waals surface area (Å²) >= 11 is 0. The third-order valence-electron chi connectivity index (χ3n) is 2.37. The highest BCUT2D eigenvalue weighted by molar-refractivity contribution is 7.91. The second-order valence-corrected chi connectivity index (χ2v) is 6.84. The van der Waals surface area contributed by atoms with Crippen molar-refractivity contribution in [1.82, 2.24) is 10.6 Å². The van der Waals surface area contributed by atoms with Crippen LogP contribution in [0, 0.1) is 5.92 Å². The van der Waals surface area contributed by atoms with E-state index < -0.39 is 9.84 Å². The largest absolute Gasteiger partial charge is 0.353 e. The Labute approximate surface area is 115 Å². The maximum atomic E-state index is 11.6. The third kappa shape index (κ3) is 6.37. The molecule has 0 aromatic rings. The van der Waals surface area contributed by atoms with E-state index in [2.05, 4.69) is 10.6 Å². The average Bonchev–Trinajstić information content (AvgIpc) is 2.67. The molecule has 0 aliphatic carbocycles. The summed E-state index contributed by atoms with van der Waals surface area (Å²) in [5, 5.41) is 5.59. The Kier molecular flexibility index (Phi) is 7.51. The van der Waals surface area contributed by atoms with Crippen LogP contribution in [0.5, 0.6) is 0 Å². The van der Waals surface area contributed by atoms with Crippen LogP contribution in [0.4, 0.5) is 0 Å². The Balaban J connectivity index is 0.00000289. The van der Waals surface area contributed by atoms with Gasteiger partial charge in [-0.1, -0.05) is 26.0 Å². The number of rotatable bonds is 6. The fourth-order valence-electron chi connectivity index (χ4n) is 1.68. The van der Waals surface area contributed by atoms with Crippen molar-refractivity contribution in [3.63, 3.8) is 0 Å². The average molecular weight is 297 g/mol. The molecule has 1 amide bonds. The van der Waals surface area contributed by atoms with Crippen LogP contribution in [0.15, 0.2) is 12.2 Å². The highest BCUT2D eigenvalue weighted by Gasteiger charge is 2.18. The van der Waals surface area contributed by atoms with Gasteiger partial charge >= 0.3 is 0 Å².